The Balaban J connectivity index is 1.58. The second-order valence-corrected chi connectivity index (χ2v) is 6.80. The van der Waals surface area contributed by atoms with E-state index in [1.807, 2.05) is 0 Å². The fourth-order valence-electron chi connectivity index (χ4n) is 2.41. The van der Waals surface area contributed by atoms with Gasteiger partial charge in [-0.1, -0.05) is 12.1 Å². The number of hydrogen-bond acceptors (Lipinski definition) is 10. The lowest BCUT2D eigenvalue weighted by Gasteiger charge is -2.11. The van der Waals surface area contributed by atoms with Gasteiger partial charge in [-0.3, -0.25) is 9.59 Å². The topological polar surface area (TPSA) is 154 Å². The molecular weight excluding hydrogens is 428 g/mol. The van der Waals surface area contributed by atoms with E-state index in [9.17, 15) is 19.2 Å². The Morgan fingerprint density at radius 3 is 2.55 bits per heavy atom. The summed E-state index contributed by atoms with van der Waals surface area (Å²) in [5.74, 6) is -2.50. The molecule has 0 radical (unpaired) electrons. The number of nitrogens with zero attached hydrogens (tertiary/aromatic N) is 4. The Labute approximate surface area is 179 Å². The Kier molecular flexibility index (Phi) is 7.01. The number of methoxy groups -OCH3 is 1. The van der Waals surface area contributed by atoms with Crippen LogP contribution in [0.15, 0.2) is 42.0 Å². The molecule has 1 aromatic carbocycles. The first-order chi connectivity index (χ1) is 15.0. The summed E-state index contributed by atoms with van der Waals surface area (Å²) < 4.78 is 10.9. The number of hydrogen-bond donors (Lipinski definition) is 2. The molecule has 0 aliphatic heterocycles. The van der Waals surface area contributed by atoms with Gasteiger partial charge in [0, 0.05) is 0 Å². The number of nitrogens with one attached hydrogen (secondary N) is 2. The molecule has 0 bridgehead atoms. The molecule has 160 valence electrons. The van der Waals surface area contributed by atoms with Crippen LogP contribution in [0.5, 0.6) is 0 Å². The lowest BCUT2D eigenvalue weighted by atomic mass is 10.2. The van der Waals surface area contributed by atoms with Crippen LogP contribution in [0, 0.1) is 0 Å². The molecule has 12 nitrogen and oxygen atoms in total. The maximum Gasteiger partial charge on any atom is 0.350 e. The van der Waals surface area contributed by atoms with E-state index in [1.54, 1.807) is 17.5 Å². The van der Waals surface area contributed by atoms with E-state index in [4.69, 9.17) is 4.74 Å². The van der Waals surface area contributed by atoms with Crippen molar-refractivity contribution in [3.8, 4) is 0 Å². The first kappa shape index (κ1) is 21.6. The second kappa shape index (κ2) is 10.1. The second-order valence-electron chi connectivity index (χ2n) is 5.88. The number of aromatic nitrogens is 4. The van der Waals surface area contributed by atoms with Crippen molar-refractivity contribution in [3.05, 3.63) is 52.5 Å². The highest BCUT2D eigenvalue weighted by Gasteiger charge is 2.18. The third-order valence-corrected chi connectivity index (χ3v) is 4.66. The van der Waals surface area contributed by atoms with E-state index in [0.29, 0.717) is 0 Å². The molecule has 0 fully saturated rings. The number of benzene rings is 1. The maximum absolute atomic E-state index is 12.4. The number of tetrazole rings is 1. The third-order valence-electron chi connectivity index (χ3n) is 3.76. The molecule has 2 heterocycles. The fraction of sp³-hybridized carbons (Fsp3) is 0.167. The Morgan fingerprint density at radius 2 is 1.81 bits per heavy atom. The van der Waals surface area contributed by atoms with Gasteiger partial charge in [0.2, 0.25) is 5.91 Å². The quantitative estimate of drug-likeness (QED) is 0.483. The molecule has 0 aliphatic carbocycles. The molecule has 0 spiro atoms. The van der Waals surface area contributed by atoms with Crippen molar-refractivity contribution in [1.82, 2.24) is 20.2 Å². The molecule has 0 saturated heterocycles. The number of para-hydroxylation sites is 1. The van der Waals surface area contributed by atoms with E-state index in [0.717, 1.165) is 11.3 Å². The first-order valence-corrected chi connectivity index (χ1v) is 9.58. The summed E-state index contributed by atoms with van der Waals surface area (Å²) in [6.45, 7) is -0.746. The molecule has 0 unspecified atom stereocenters. The Hall–Kier alpha value is -4.13. The SMILES string of the molecule is COC(=O)c1sccc1NC(=O)COC(=O)c1ccccc1NC(=O)Cn1cnnn1. The molecule has 13 heteroatoms. The van der Waals surface area contributed by atoms with Crippen LogP contribution in [0.4, 0.5) is 11.4 Å². The molecule has 2 amide bonds. The lowest BCUT2D eigenvalue weighted by Crippen LogP contribution is -2.23. The van der Waals surface area contributed by atoms with E-state index in [2.05, 4.69) is 30.9 Å². The van der Waals surface area contributed by atoms with Crippen molar-refractivity contribution in [1.29, 1.82) is 0 Å². The molecule has 3 aromatic rings. The van der Waals surface area contributed by atoms with Gasteiger partial charge in [0.25, 0.3) is 5.91 Å². The van der Waals surface area contributed by atoms with Gasteiger partial charge in [0.1, 0.15) is 17.7 Å². The molecule has 31 heavy (non-hydrogen) atoms. The summed E-state index contributed by atoms with van der Waals surface area (Å²) in [5, 5.41) is 17.1. The van der Waals surface area contributed by atoms with E-state index < -0.39 is 30.4 Å². The maximum atomic E-state index is 12.4. The van der Waals surface area contributed by atoms with Crippen LogP contribution in [-0.4, -0.2) is 57.7 Å². The normalized spacial score (nSPS) is 10.2. The van der Waals surface area contributed by atoms with Gasteiger partial charge in [-0.15, -0.1) is 16.4 Å². The van der Waals surface area contributed by atoms with Crippen molar-refractivity contribution >= 4 is 46.5 Å². The average molecular weight is 444 g/mol. The van der Waals surface area contributed by atoms with Gasteiger partial charge in [-0.05, 0) is 34.0 Å². The highest BCUT2D eigenvalue weighted by atomic mass is 32.1. The third kappa shape index (κ3) is 5.70. The molecule has 0 aliphatic rings. The summed E-state index contributed by atoms with van der Waals surface area (Å²) in [6, 6.07) is 7.71. The van der Waals surface area contributed by atoms with Crippen molar-refractivity contribution in [2.24, 2.45) is 0 Å². The van der Waals surface area contributed by atoms with E-state index in [1.165, 1.54) is 36.3 Å². The smallest absolute Gasteiger partial charge is 0.350 e. The highest BCUT2D eigenvalue weighted by molar-refractivity contribution is 7.12. The lowest BCUT2D eigenvalue weighted by molar-refractivity contribution is -0.119. The Bertz CT molecular complexity index is 1100. The zero-order chi connectivity index (χ0) is 22.2. The molecule has 3 rings (SSSR count). The van der Waals surface area contributed by atoms with Gasteiger partial charge < -0.3 is 20.1 Å². The monoisotopic (exact) mass is 444 g/mol. The standard InChI is InChI=1S/C18H16N6O6S/c1-29-18(28)16-13(6-7-31-16)21-15(26)9-30-17(27)11-4-2-3-5-12(11)20-14(25)8-24-10-19-22-23-24/h2-7,10H,8-9H2,1H3,(H,20,25)(H,21,26). The van der Waals surface area contributed by atoms with Crippen LogP contribution in [0.2, 0.25) is 0 Å². The van der Waals surface area contributed by atoms with Gasteiger partial charge >= 0.3 is 11.9 Å². The summed E-state index contributed by atoms with van der Waals surface area (Å²) in [6.07, 6.45) is 1.28. The molecule has 2 N–H and O–H groups in total. The van der Waals surface area contributed by atoms with Gasteiger partial charge in [0.05, 0.1) is 24.0 Å². The first-order valence-electron chi connectivity index (χ1n) is 8.70. The predicted molar refractivity (Wildman–Crippen MR) is 107 cm³/mol. The summed E-state index contributed by atoms with van der Waals surface area (Å²) in [4.78, 5) is 48.6. The summed E-state index contributed by atoms with van der Waals surface area (Å²) in [7, 11) is 1.23. The highest BCUT2D eigenvalue weighted by Crippen LogP contribution is 2.23. The van der Waals surface area contributed by atoms with Crippen LogP contribution in [0.1, 0.15) is 20.0 Å². The number of anilines is 2. The van der Waals surface area contributed by atoms with Gasteiger partial charge in [0.15, 0.2) is 6.61 Å². The van der Waals surface area contributed by atoms with Crippen LogP contribution >= 0.6 is 11.3 Å². The van der Waals surface area contributed by atoms with Crippen LogP contribution in [-0.2, 0) is 25.6 Å². The van der Waals surface area contributed by atoms with Crippen molar-refractivity contribution < 1.29 is 28.7 Å². The summed E-state index contributed by atoms with van der Waals surface area (Å²) >= 11 is 1.10. The number of thiophene rings is 1. The van der Waals surface area contributed by atoms with Crippen molar-refractivity contribution in [3.63, 3.8) is 0 Å². The number of carbonyl (C=O) groups is 4. The molecule has 0 saturated carbocycles. The predicted octanol–water partition coefficient (Wildman–Crippen LogP) is 0.955. The van der Waals surface area contributed by atoms with Crippen LogP contribution in [0.3, 0.4) is 0 Å². The number of amides is 2. The zero-order valence-corrected chi connectivity index (χ0v) is 16.9. The Morgan fingerprint density at radius 1 is 1.03 bits per heavy atom. The molecule has 0 atom stereocenters. The summed E-state index contributed by atoms with van der Waals surface area (Å²) in [5.41, 5.74) is 0.524. The number of carbonyl (C=O) groups excluding carboxylic acids is 4. The number of ether oxygens (including phenoxy) is 2. The minimum Gasteiger partial charge on any atom is -0.465 e. The molecule has 2 aromatic heterocycles. The zero-order valence-electron chi connectivity index (χ0n) is 16.1. The number of rotatable bonds is 8. The van der Waals surface area contributed by atoms with Crippen molar-refractivity contribution in [2.75, 3.05) is 24.4 Å². The van der Waals surface area contributed by atoms with Gasteiger partial charge in [-0.2, -0.15) is 0 Å². The van der Waals surface area contributed by atoms with Crippen molar-refractivity contribution in [2.45, 2.75) is 6.54 Å². The van der Waals surface area contributed by atoms with E-state index >= 15 is 0 Å². The molecular formula is C18H16N6O6S. The largest absolute Gasteiger partial charge is 0.465 e. The minimum atomic E-state index is -0.813. The van der Waals surface area contributed by atoms with Gasteiger partial charge in [-0.25, -0.2) is 14.3 Å². The van der Waals surface area contributed by atoms with Crippen LogP contribution < -0.4 is 10.6 Å². The van der Waals surface area contributed by atoms with Crippen LogP contribution in [0.25, 0.3) is 0 Å². The van der Waals surface area contributed by atoms with E-state index in [-0.39, 0.29) is 28.4 Å². The fourth-order valence-corrected chi connectivity index (χ4v) is 3.18. The number of esters is 2. The average Bonchev–Trinajstić information content (AvgIpc) is 3.44. The minimum absolute atomic E-state index is 0.0612.